The number of carbonyl (C=O) groups is 2. The fourth-order valence-corrected chi connectivity index (χ4v) is 3.66. The van der Waals surface area contributed by atoms with Crippen molar-refractivity contribution in [1.29, 1.82) is 0 Å². The Kier molecular flexibility index (Phi) is 6.17. The number of rotatable bonds is 5. The molecular formula is C25H25N3O3. The fraction of sp³-hybridized carbons (Fsp3) is 0.200. The molecule has 0 saturated carbocycles. The van der Waals surface area contributed by atoms with Crippen molar-refractivity contribution in [3.05, 3.63) is 95.6 Å². The van der Waals surface area contributed by atoms with Crippen LogP contribution in [0.3, 0.4) is 0 Å². The molecule has 31 heavy (non-hydrogen) atoms. The van der Waals surface area contributed by atoms with E-state index in [4.69, 9.17) is 10.5 Å². The van der Waals surface area contributed by atoms with E-state index in [1.54, 1.807) is 23.1 Å². The Morgan fingerprint density at radius 2 is 1.48 bits per heavy atom. The molecule has 0 bridgehead atoms. The lowest BCUT2D eigenvalue weighted by atomic mass is 10.0. The van der Waals surface area contributed by atoms with Crippen LogP contribution in [0.15, 0.2) is 78.9 Å². The van der Waals surface area contributed by atoms with Gasteiger partial charge < -0.3 is 20.3 Å². The highest BCUT2D eigenvalue weighted by Gasteiger charge is 2.23. The summed E-state index contributed by atoms with van der Waals surface area (Å²) in [5.74, 6) is -0.0874. The zero-order valence-corrected chi connectivity index (χ0v) is 17.2. The van der Waals surface area contributed by atoms with E-state index in [1.165, 1.54) is 0 Å². The van der Waals surface area contributed by atoms with Crippen LogP contribution in [0, 0.1) is 0 Å². The van der Waals surface area contributed by atoms with Gasteiger partial charge in [0.2, 0.25) is 0 Å². The average Bonchev–Trinajstić information content (AvgIpc) is 2.83. The molecule has 1 saturated heterocycles. The monoisotopic (exact) mass is 415 g/mol. The first-order valence-electron chi connectivity index (χ1n) is 10.3. The molecule has 0 spiro atoms. The van der Waals surface area contributed by atoms with Crippen molar-refractivity contribution in [2.75, 3.05) is 36.8 Å². The summed E-state index contributed by atoms with van der Waals surface area (Å²) >= 11 is 0. The number of hydrogen-bond acceptors (Lipinski definition) is 5. The van der Waals surface area contributed by atoms with E-state index in [9.17, 15) is 9.59 Å². The Balaban J connectivity index is 1.34. The van der Waals surface area contributed by atoms with Crippen molar-refractivity contribution in [2.24, 2.45) is 0 Å². The van der Waals surface area contributed by atoms with Crippen LogP contribution >= 0.6 is 0 Å². The van der Waals surface area contributed by atoms with Crippen LogP contribution in [0.2, 0.25) is 0 Å². The van der Waals surface area contributed by atoms with Gasteiger partial charge in [-0.2, -0.15) is 0 Å². The zero-order valence-electron chi connectivity index (χ0n) is 17.2. The Hall–Kier alpha value is -3.80. The van der Waals surface area contributed by atoms with Gasteiger partial charge in [-0.05, 0) is 23.8 Å². The minimum atomic E-state index is -0.299. The van der Waals surface area contributed by atoms with Gasteiger partial charge in [0.15, 0.2) is 5.78 Å². The topological polar surface area (TPSA) is 75.9 Å². The van der Waals surface area contributed by atoms with Crippen molar-refractivity contribution >= 4 is 23.3 Å². The number of nitrogens with zero attached hydrogens (tertiary/aromatic N) is 2. The maximum absolute atomic E-state index is 12.7. The highest BCUT2D eigenvalue weighted by molar-refractivity contribution is 6.12. The molecule has 4 rings (SSSR count). The van der Waals surface area contributed by atoms with Crippen LogP contribution in [0.5, 0.6) is 0 Å². The normalized spacial score (nSPS) is 13.7. The molecule has 1 aliphatic heterocycles. The number of hydrogen-bond donors (Lipinski definition) is 1. The number of nitrogen functional groups attached to an aromatic ring is 1. The number of nitrogens with two attached hydrogens (primary N) is 1. The van der Waals surface area contributed by atoms with E-state index in [2.05, 4.69) is 4.90 Å². The molecule has 0 aliphatic carbocycles. The third-order valence-corrected chi connectivity index (χ3v) is 5.42. The molecule has 158 valence electrons. The molecule has 6 nitrogen and oxygen atoms in total. The summed E-state index contributed by atoms with van der Waals surface area (Å²) in [5, 5.41) is 0. The lowest BCUT2D eigenvalue weighted by Gasteiger charge is -2.35. The van der Waals surface area contributed by atoms with Gasteiger partial charge in [-0.1, -0.05) is 60.7 Å². The number of benzene rings is 3. The standard InChI is InChI=1S/C25H25N3O3/c26-23-17-21(11-12-22(23)24(29)20-9-5-2-6-10-20)27-13-15-28(16-14-27)25(30)31-18-19-7-3-1-4-8-19/h1-12,17H,13-16,18,26H2. The Morgan fingerprint density at radius 1 is 0.839 bits per heavy atom. The second kappa shape index (κ2) is 9.34. The molecule has 1 aliphatic rings. The molecule has 3 aromatic carbocycles. The molecule has 1 fully saturated rings. The van der Waals surface area contributed by atoms with Crippen LogP contribution in [-0.2, 0) is 11.3 Å². The summed E-state index contributed by atoms with van der Waals surface area (Å²) in [6.07, 6.45) is -0.299. The number of ketones is 1. The first kappa shape index (κ1) is 20.5. The molecular weight excluding hydrogens is 390 g/mol. The smallest absolute Gasteiger partial charge is 0.410 e. The van der Waals surface area contributed by atoms with Crippen molar-refractivity contribution in [3.8, 4) is 0 Å². The fourth-order valence-electron chi connectivity index (χ4n) is 3.66. The Bertz CT molecular complexity index is 1050. The summed E-state index contributed by atoms with van der Waals surface area (Å²) in [7, 11) is 0. The van der Waals surface area contributed by atoms with Crippen LogP contribution in [0.4, 0.5) is 16.2 Å². The van der Waals surface area contributed by atoms with Gasteiger partial charge in [0, 0.05) is 48.7 Å². The van der Waals surface area contributed by atoms with Crippen molar-refractivity contribution < 1.29 is 14.3 Å². The van der Waals surface area contributed by atoms with E-state index in [-0.39, 0.29) is 18.5 Å². The van der Waals surface area contributed by atoms with Gasteiger partial charge in [0.25, 0.3) is 0 Å². The molecule has 2 N–H and O–H groups in total. The van der Waals surface area contributed by atoms with Gasteiger partial charge in [-0.25, -0.2) is 4.79 Å². The minimum absolute atomic E-state index is 0.0874. The van der Waals surface area contributed by atoms with Crippen molar-refractivity contribution in [3.63, 3.8) is 0 Å². The number of piperazine rings is 1. The first-order valence-corrected chi connectivity index (χ1v) is 10.3. The lowest BCUT2D eigenvalue weighted by Crippen LogP contribution is -2.49. The molecule has 0 radical (unpaired) electrons. The number of ether oxygens (including phenoxy) is 1. The Morgan fingerprint density at radius 3 is 2.13 bits per heavy atom. The van der Waals surface area contributed by atoms with Gasteiger partial charge >= 0.3 is 6.09 Å². The highest BCUT2D eigenvalue weighted by Crippen LogP contribution is 2.25. The van der Waals surface area contributed by atoms with Crippen molar-refractivity contribution in [1.82, 2.24) is 4.90 Å². The number of carbonyl (C=O) groups excluding carboxylic acids is 2. The van der Waals surface area contributed by atoms with Crippen LogP contribution in [0.25, 0.3) is 0 Å². The van der Waals surface area contributed by atoms with E-state index in [0.717, 1.165) is 11.3 Å². The first-order chi connectivity index (χ1) is 15.1. The maximum atomic E-state index is 12.7. The van der Waals surface area contributed by atoms with Gasteiger partial charge in [-0.15, -0.1) is 0 Å². The third-order valence-electron chi connectivity index (χ3n) is 5.42. The van der Waals surface area contributed by atoms with Crippen LogP contribution in [0.1, 0.15) is 21.5 Å². The quantitative estimate of drug-likeness (QED) is 0.504. The van der Waals surface area contributed by atoms with Gasteiger partial charge in [0.1, 0.15) is 6.61 Å². The van der Waals surface area contributed by atoms with E-state index >= 15 is 0 Å². The predicted molar refractivity (Wildman–Crippen MR) is 121 cm³/mol. The minimum Gasteiger partial charge on any atom is -0.445 e. The predicted octanol–water partition coefficient (Wildman–Crippen LogP) is 3.96. The molecule has 1 heterocycles. The molecule has 0 aromatic heterocycles. The van der Waals surface area contributed by atoms with Crippen LogP contribution < -0.4 is 10.6 Å². The summed E-state index contributed by atoms with van der Waals surface area (Å²) < 4.78 is 5.42. The van der Waals surface area contributed by atoms with Gasteiger partial charge in [-0.3, -0.25) is 4.79 Å². The molecule has 0 atom stereocenters. The lowest BCUT2D eigenvalue weighted by molar-refractivity contribution is 0.0941. The third kappa shape index (κ3) is 4.86. The summed E-state index contributed by atoms with van der Waals surface area (Å²) in [4.78, 5) is 28.9. The summed E-state index contributed by atoms with van der Waals surface area (Å²) in [6, 6.07) is 24.3. The van der Waals surface area contributed by atoms with E-state index < -0.39 is 0 Å². The number of amides is 1. The average molecular weight is 415 g/mol. The summed E-state index contributed by atoms with van der Waals surface area (Å²) in [6.45, 7) is 2.75. The van der Waals surface area contributed by atoms with E-state index in [1.807, 2.05) is 60.7 Å². The Labute approximate surface area is 181 Å². The maximum Gasteiger partial charge on any atom is 0.410 e. The van der Waals surface area contributed by atoms with Crippen molar-refractivity contribution in [2.45, 2.75) is 6.61 Å². The van der Waals surface area contributed by atoms with Gasteiger partial charge in [0.05, 0.1) is 0 Å². The zero-order chi connectivity index (χ0) is 21.6. The largest absolute Gasteiger partial charge is 0.445 e. The second-order valence-corrected chi connectivity index (χ2v) is 7.48. The second-order valence-electron chi connectivity index (χ2n) is 7.48. The molecule has 1 amide bonds. The molecule has 6 heteroatoms. The van der Waals surface area contributed by atoms with Crippen LogP contribution in [-0.4, -0.2) is 43.0 Å². The highest BCUT2D eigenvalue weighted by atomic mass is 16.6. The molecule has 0 unspecified atom stereocenters. The number of anilines is 2. The SMILES string of the molecule is Nc1cc(N2CCN(C(=O)OCc3ccccc3)CC2)ccc1C(=O)c1ccccc1. The summed E-state index contributed by atoms with van der Waals surface area (Å²) in [5.41, 5.74) is 9.68. The molecule has 3 aromatic rings. The van der Waals surface area contributed by atoms with E-state index in [0.29, 0.717) is 43.0 Å².